The summed E-state index contributed by atoms with van der Waals surface area (Å²) < 4.78 is 5.66. The molecule has 1 N–H and O–H groups in total. The normalized spacial score (nSPS) is 19.6. The van der Waals surface area contributed by atoms with Gasteiger partial charge >= 0.3 is 0 Å². The molecule has 1 aliphatic rings. The Morgan fingerprint density at radius 1 is 0.852 bits per heavy atom. The number of rotatable bonds is 18. The maximum absolute atomic E-state index is 9.45. The van der Waals surface area contributed by atoms with Crippen molar-refractivity contribution in [3.8, 4) is 0 Å². The van der Waals surface area contributed by atoms with Crippen molar-refractivity contribution in [2.24, 2.45) is 4.99 Å². The summed E-state index contributed by atoms with van der Waals surface area (Å²) in [5.74, 6) is 0.862. The SMILES string of the molecule is CCCCCCCC/C=C\CCCCCCCCC1=NC(CC)(CO)CO1. The van der Waals surface area contributed by atoms with Gasteiger partial charge < -0.3 is 9.84 Å². The van der Waals surface area contributed by atoms with E-state index >= 15 is 0 Å². The lowest BCUT2D eigenvalue weighted by molar-refractivity contribution is 0.153. The number of aliphatic hydroxyl groups is 1. The van der Waals surface area contributed by atoms with Gasteiger partial charge in [0.05, 0.1) is 6.61 Å². The van der Waals surface area contributed by atoms with Crippen molar-refractivity contribution in [2.45, 2.75) is 122 Å². The highest BCUT2D eigenvalue weighted by molar-refractivity contribution is 5.78. The molecule has 1 atom stereocenters. The predicted octanol–water partition coefficient (Wildman–Crippen LogP) is 6.98. The van der Waals surface area contributed by atoms with E-state index in [1.165, 1.54) is 83.5 Å². The standard InChI is InChI=1S/C24H45NO2/c1-3-5-6-7-8-9-10-11-12-13-14-15-16-17-18-19-20-23-25-24(4-2,21-26)22-27-23/h11-12,26H,3-10,13-22H2,1-2H3/b12-11-. The average Bonchev–Trinajstić information content (AvgIpc) is 3.12. The zero-order valence-electron chi connectivity index (χ0n) is 18.2. The first kappa shape index (κ1) is 24.2. The summed E-state index contributed by atoms with van der Waals surface area (Å²) in [5.41, 5.74) is -0.349. The smallest absolute Gasteiger partial charge is 0.184 e. The van der Waals surface area contributed by atoms with Gasteiger partial charge in [0, 0.05) is 6.42 Å². The number of unbranched alkanes of at least 4 members (excludes halogenated alkanes) is 12. The summed E-state index contributed by atoms with van der Waals surface area (Å²) in [6.07, 6.45) is 25.2. The molecular weight excluding hydrogens is 334 g/mol. The molecule has 0 aliphatic carbocycles. The minimum atomic E-state index is -0.349. The molecule has 0 amide bonds. The number of hydrogen-bond donors (Lipinski definition) is 1. The number of ether oxygens (including phenoxy) is 1. The van der Waals surface area contributed by atoms with E-state index in [-0.39, 0.29) is 12.1 Å². The van der Waals surface area contributed by atoms with Gasteiger partial charge in [0.2, 0.25) is 0 Å². The summed E-state index contributed by atoms with van der Waals surface area (Å²) in [5, 5.41) is 9.45. The molecule has 27 heavy (non-hydrogen) atoms. The highest BCUT2D eigenvalue weighted by Gasteiger charge is 2.33. The number of aliphatic imine (C=N–C) groups is 1. The van der Waals surface area contributed by atoms with E-state index in [2.05, 4.69) is 31.0 Å². The summed E-state index contributed by atoms with van der Waals surface area (Å²) in [4.78, 5) is 4.60. The number of aliphatic hydroxyl groups excluding tert-OH is 1. The molecule has 0 aromatic heterocycles. The van der Waals surface area contributed by atoms with Crippen molar-refractivity contribution in [1.29, 1.82) is 0 Å². The Kier molecular flexibility index (Phi) is 14.5. The van der Waals surface area contributed by atoms with Crippen molar-refractivity contribution in [3.05, 3.63) is 12.2 Å². The van der Waals surface area contributed by atoms with E-state index in [4.69, 9.17) is 4.74 Å². The molecule has 1 heterocycles. The quantitative estimate of drug-likeness (QED) is 0.206. The van der Waals surface area contributed by atoms with Crippen LogP contribution in [0, 0.1) is 0 Å². The van der Waals surface area contributed by atoms with Gasteiger partial charge in [-0.05, 0) is 38.5 Å². The van der Waals surface area contributed by atoms with Crippen LogP contribution in [0.2, 0.25) is 0 Å². The van der Waals surface area contributed by atoms with Crippen molar-refractivity contribution in [3.63, 3.8) is 0 Å². The highest BCUT2D eigenvalue weighted by Crippen LogP contribution is 2.24. The van der Waals surface area contributed by atoms with E-state index in [0.717, 1.165) is 25.2 Å². The van der Waals surface area contributed by atoms with Crippen LogP contribution in [0.25, 0.3) is 0 Å². The van der Waals surface area contributed by atoms with Gasteiger partial charge in [0.1, 0.15) is 12.1 Å². The molecule has 3 nitrogen and oxygen atoms in total. The zero-order chi connectivity index (χ0) is 19.6. The third-order valence-electron chi connectivity index (χ3n) is 5.72. The summed E-state index contributed by atoms with van der Waals surface area (Å²) in [6, 6.07) is 0. The zero-order valence-corrected chi connectivity index (χ0v) is 18.2. The van der Waals surface area contributed by atoms with Crippen LogP contribution in [0.1, 0.15) is 117 Å². The molecule has 158 valence electrons. The lowest BCUT2D eigenvalue weighted by Gasteiger charge is -2.17. The molecule has 0 saturated heterocycles. The predicted molar refractivity (Wildman–Crippen MR) is 118 cm³/mol. The second kappa shape index (κ2) is 16.2. The second-order valence-corrected chi connectivity index (χ2v) is 8.22. The van der Waals surface area contributed by atoms with Crippen LogP contribution >= 0.6 is 0 Å². The van der Waals surface area contributed by atoms with Crippen LogP contribution in [0.15, 0.2) is 17.1 Å². The topological polar surface area (TPSA) is 41.8 Å². The Labute approximate surface area is 168 Å². The van der Waals surface area contributed by atoms with Gasteiger partial charge in [-0.25, -0.2) is 4.99 Å². The van der Waals surface area contributed by atoms with Crippen LogP contribution < -0.4 is 0 Å². The first-order chi connectivity index (χ1) is 13.3. The Morgan fingerprint density at radius 2 is 1.41 bits per heavy atom. The van der Waals surface area contributed by atoms with Gasteiger partial charge in [-0.1, -0.05) is 83.8 Å². The van der Waals surface area contributed by atoms with E-state index in [9.17, 15) is 5.11 Å². The van der Waals surface area contributed by atoms with E-state index in [1.807, 2.05) is 0 Å². The molecule has 0 saturated carbocycles. The van der Waals surface area contributed by atoms with E-state index in [1.54, 1.807) is 0 Å². The fraction of sp³-hybridized carbons (Fsp3) is 0.875. The molecule has 1 aliphatic heterocycles. The molecule has 0 aromatic rings. The van der Waals surface area contributed by atoms with Gasteiger partial charge in [-0.15, -0.1) is 0 Å². The molecule has 1 rings (SSSR count). The minimum Gasteiger partial charge on any atom is -0.478 e. The monoisotopic (exact) mass is 379 g/mol. The lowest BCUT2D eigenvalue weighted by Crippen LogP contribution is -2.31. The van der Waals surface area contributed by atoms with Crippen molar-refractivity contribution >= 4 is 5.90 Å². The fourth-order valence-electron chi connectivity index (χ4n) is 3.57. The highest BCUT2D eigenvalue weighted by atomic mass is 16.5. The van der Waals surface area contributed by atoms with Crippen molar-refractivity contribution in [1.82, 2.24) is 0 Å². The first-order valence-corrected chi connectivity index (χ1v) is 11.7. The molecule has 0 fully saturated rings. The summed E-state index contributed by atoms with van der Waals surface area (Å²) >= 11 is 0. The van der Waals surface area contributed by atoms with Crippen LogP contribution in [-0.2, 0) is 4.74 Å². The Balaban J connectivity index is 1.85. The molecule has 0 spiro atoms. The second-order valence-electron chi connectivity index (χ2n) is 8.22. The Hall–Kier alpha value is -0.830. The molecule has 0 radical (unpaired) electrons. The van der Waals surface area contributed by atoms with Crippen LogP contribution in [0.3, 0.4) is 0 Å². The maximum Gasteiger partial charge on any atom is 0.184 e. The third-order valence-corrected chi connectivity index (χ3v) is 5.72. The number of allylic oxidation sites excluding steroid dienone is 2. The van der Waals surface area contributed by atoms with Gasteiger partial charge in [0.15, 0.2) is 5.90 Å². The molecule has 0 aromatic carbocycles. The lowest BCUT2D eigenvalue weighted by atomic mass is 10.0. The van der Waals surface area contributed by atoms with Crippen molar-refractivity contribution < 1.29 is 9.84 Å². The molecule has 1 unspecified atom stereocenters. The van der Waals surface area contributed by atoms with E-state index < -0.39 is 0 Å². The average molecular weight is 380 g/mol. The number of nitrogens with zero attached hydrogens (tertiary/aromatic N) is 1. The van der Waals surface area contributed by atoms with E-state index in [0.29, 0.717) is 6.61 Å². The summed E-state index contributed by atoms with van der Waals surface area (Å²) in [6.45, 7) is 5.00. The molecule has 3 heteroatoms. The number of hydrogen-bond acceptors (Lipinski definition) is 3. The Bertz CT molecular complexity index is 399. The molecule has 0 bridgehead atoms. The molecular formula is C24H45NO2. The summed E-state index contributed by atoms with van der Waals surface area (Å²) in [7, 11) is 0. The Morgan fingerprint density at radius 3 is 1.93 bits per heavy atom. The van der Waals surface area contributed by atoms with Gasteiger partial charge in [-0.2, -0.15) is 0 Å². The van der Waals surface area contributed by atoms with Crippen LogP contribution in [0.4, 0.5) is 0 Å². The third kappa shape index (κ3) is 11.6. The van der Waals surface area contributed by atoms with Crippen LogP contribution in [0.5, 0.6) is 0 Å². The first-order valence-electron chi connectivity index (χ1n) is 11.7. The minimum absolute atomic E-state index is 0.0976. The largest absolute Gasteiger partial charge is 0.478 e. The van der Waals surface area contributed by atoms with Crippen molar-refractivity contribution in [2.75, 3.05) is 13.2 Å². The maximum atomic E-state index is 9.45. The van der Waals surface area contributed by atoms with Gasteiger partial charge in [-0.3, -0.25) is 0 Å². The van der Waals surface area contributed by atoms with Crippen LogP contribution in [-0.4, -0.2) is 29.8 Å². The van der Waals surface area contributed by atoms with Gasteiger partial charge in [0.25, 0.3) is 0 Å². The fourth-order valence-corrected chi connectivity index (χ4v) is 3.57.